The number of nitriles is 1. The summed E-state index contributed by atoms with van der Waals surface area (Å²) in [5.41, 5.74) is 0.919. The lowest BCUT2D eigenvalue weighted by atomic mass is 10.0. The summed E-state index contributed by atoms with van der Waals surface area (Å²) in [5.74, 6) is 0.621. The molecule has 1 amide bonds. The number of carbonyl (C=O) groups is 1. The Morgan fingerprint density at radius 1 is 1.61 bits per heavy atom. The van der Waals surface area contributed by atoms with Gasteiger partial charge in [-0.15, -0.1) is 0 Å². The minimum atomic E-state index is -0.0157. The zero-order valence-corrected chi connectivity index (χ0v) is 10.6. The van der Waals surface area contributed by atoms with Gasteiger partial charge in [0, 0.05) is 19.3 Å². The molecule has 1 aromatic heterocycles. The van der Waals surface area contributed by atoms with Gasteiger partial charge in [-0.3, -0.25) is 4.79 Å². The predicted octanol–water partition coefficient (Wildman–Crippen LogP) is 2.22. The van der Waals surface area contributed by atoms with E-state index >= 15 is 0 Å². The highest BCUT2D eigenvalue weighted by molar-refractivity contribution is 5.92. The van der Waals surface area contributed by atoms with Gasteiger partial charge in [0.15, 0.2) is 0 Å². The van der Waals surface area contributed by atoms with Gasteiger partial charge in [0.05, 0.1) is 5.56 Å². The van der Waals surface area contributed by atoms with Crippen molar-refractivity contribution in [2.45, 2.75) is 26.2 Å². The van der Waals surface area contributed by atoms with Crippen LogP contribution < -0.4 is 0 Å². The molecule has 1 aliphatic rings. The third kappa shape index (κ3) is 2.67. The first-order valence-electron chi connectivity index (χ1n) is 6.40. The fraction of sp³-hybridized carbons (Fsp3) is 0.500. The van der Waals surface area contributed by atoms with Gasteiger partial charge >= 0.3 is 0 Å². The monoisotopic (exact) mass is 243 g/mol. The fourth-order valence-electron chi connectivity index (χ4n) is 2.41. The topological polar surface area (TPSA) is 57.0 Å². The van der Waals surface area contributed by atoms with Gasteiger partial charge in [-0.05, 0) is 30.9 Å². The second-order valence-electron chi connectivity index (χ2n) is 4.74. The molecule has 0 spiro atoms. The SMILES string of the molecule is CCCC1CCN(C(=O)c2ccc(C#N)cn2)C1. The van der Waals surface area contributed by atoms with Crippen LogP contribution in [-0.2, 0) is 0 Å². The van der Waals surface area contributed by atoms with Crippen molar-refractivity contribution in [3.63, 3.8) is 0 Å². The molecule has 18 heavy (non-hydrogen) atoms. The Labute approximate surface area is 107 Å². The molecule has 0 saturated carbocycles. The average Bonchev–Trinajstić information content (AvgIpc) is 2.87. The maximum atomic E-state index is 12.2. The molecule has 4 nitrogen and oxygen atoms in total. The van der Waals surface area contributed by atoms with Crippen LogP contribution in [0.5, 0.6) is 0 Å². The van der Waals surface area contributed by atoms with Crippen molar-refractivity contribution in [1.29, 1.82) is 5.26 Å². The smallest absolute Gasteiger partial charge is 0.272 e. The quantitative estimate of drug-likeness (QED) is 0.817. The normalized spacial score (nSPS) is 18.7. The lowest BCUT2D eigenvalue weighted by Gasteiger charge is -2.15. The first kappa shape index (κ1) is 12.6. The summed E-state index contributed by atoms with van der Waals surface area (Å²) < 4.78 is 0. The Bertz CT molecular complexity index is 461. The number of aromatic nitrogens is 1. The van der Waals surface area contributed by atoms with E-state index in [0.717, 1.165) is 19.5 Å². The van der Waals surface area contributed by atoms with Gasteiger partial charge in [-0.1, -0.05) is 13.3 Å². The highest BCUT2D eigenvalue weighted by atomic mass is 16.2. The molecule has 2 heterocycles. The molecule has 0 N–H and O–H groups in total. The predicted molar refractivity (Wildman–Crippen MR) is 67.9 cm³/mol. The maximum absolute atomic E-state index is 12.2. The number of likely N-dealkylation sites (tertiary alicyclic amines) is 1. The molecule has 0 aliphatic carbocycles. The van der Waals surface area contributed by atoms with Crippen LogP contribution in [-0.4, -0.2) is 28.9 Å². The summed E-state index contributed by atoms with van der Waals surface area (Å²) in [6.07, 6.45) is 4.90. The Hall–Kier alpha value is -1.89. The maximum Gasteiger partial charge on any atom is 0.272 e. The van der Waals surface area contributed by atoms with Crippen LogP contribution in [0.4, 0.5) is 0 Å². The van der Waals surface area contributed by atoms with Crippen LogP contribution in [0.15, 0.2) is 18.3 Å². The van der Waals surface area contributed by atoms with Crippen molar-refractivity contribution in [2.75, 3.05) is 13.1 Å². The molecule has 4 heteroatoms. The van der Waals surface area contributed by atoms with Crippen molar-refractivity contribution in [3.05, 3.63) is 29.6 Å². The van der Waals surface area contributed by atoms with Gasteiger partial charge in [0.1, 0.15) is 11.8 Å². The average molecular weight is 243 g/mol. The van der Waals surface area contributed by atoms with E-state index in [2.05, 4.69) is 11.9 Å². The summed E-state index contributed by atoms with van der Waals surface area (Å²) in [5, 5.41) is 8.69. The minimum absolute atomic E-state index is 0.0157. The molecular formula is C14H17N3O. The number of hydrogen-bond acceptors (Lipinski definition) is 3. The van der Waals surface area contributed by atoms with E-state index in [4.69, 9.17) is 5.26 Å². The second kappa shape index (κ2) is 5.63. The molecular weight excluding hydrogens is 226 g/mol. The highest BCUT2D eigenvalue weighted by Crippen LogP contribution is 2.22. The molecule has 94 valence electrons. The van der Waals surface area contributed by atoms with Gasteiger partial charge in [-0.2, -0.15) is 5.26 Å². The molecule has 1 fully saturated rings. The molecule has 1 atom stereocenters. The number of carbonyl (C=O) groups excluding carboxylic acids is 1. The van der Waals surface area contributed by atoms with E-state index in [1.54, 1.807) is 12.1 Å². The van der Waals surface area contributed by atoms with Crippen molar-refractivity contribution in [2.24, 2.45) is 5.92 Å². The van der Waals surface area contributed by atoms with Crippen LogP contribution in [0.1, 0.15) is 42.2 Å². The molecule has 0 aromatic carbocycles. The van der Waals surface area contributed by atoms with E-state index in [0.29, 0.717) is 17.2 Å². The Morgan fingerprint density at radius 3 is 3.06 bits per heavy atom. The molecule has 1 unspecified atom stereocenters. The van der Waals surface area contributed by atoms with Gasteiger partial charge in [0.2, 0.25) is 0 Å². The fourth-order valence-corrected chi connectivity index (χ4v) is 2.41. The number of pyridine rings is 1. The number of nitrogens with zero attached hydrogens (tertiary/aromatic N) is 3. The van der Waals surface area contributed by atoms with Crippen LogP contribution in [0.25, 0.3) is 0 Å². The molecule has 1 aromatic rings. The molecule has 1 saturated heterocycles. The van der Waals surface area contributed by atoms with Gasteiger partial charge < -0.3 is 4.90 Å². The third-order valence-corrected chi connectivity index (χ3v) is 3.38. The van der Waals surface area contributed by atoms with Crippen LogP contribution in [0.3, 0.4) is 0 Å². The van der Waals surface area contributed by atoms with E-state index in [1.165, 1.54) is 19.0 Å². The minimum Gasteiger partial charge on any atom is -0.337 e. The summed E-state index contributed by atoms with van der Waals surface area (Å²) in [4.78, 5) is 18.1. The lowest BCUT2D eigenvalue weighted by molar-refractivity contribution is 0.0780. The van der Waals surface area contributed by atoms with Gasteiger partial charge in [0.25, 0.3) is 5.91 Å². The first-order valence-corrected chi connectivity index (χ1v) is 6.40. The van der Waals surface area contributed by atoms with E-state index in [1.807, 2.05) is 11.0 Å². The van der Waals surface area contributed by atoms with Gasteiger partial charge in [-0.25, -0.2) is 4.98 Å². The molecule has 1 aliphatic heterocycles. The summed E-state index contributed by atoms with van der Waals surface area (Å²) in [7, 11) is 0. The standard InChI is InChI=1S/C14H17N3O/c1-2-3-11-6-7-17(10-11)14(18)13-5-4-12(8-15)9-16-13/h4-5,9,11H,2-3,6-7,10H2,1H3. The zero-order valence-electron chi connectivity index (χ0n) is 10.6. The molecule has 0 bridgehead atoms. The summed E-state index contributed by atoms with van der Waals surface area (Å²) >= 11 is 0. The van der Waals surface area contributed by atoms with Crippen molar-refractivity contribution in [1.82, 2.24) is 9.88 Å². The van der Waals surface area contributed by atoms with Crippen LogP contribution >= 0.6 is 0 Å². The number of amides is 1. The zero-order chi connectivity index (χ0) is 13.0. The Balaban J connectivity index is 2.01. The largest absolute Gasteiger partial charge is 0.337 e. The second-order valence-corrected chi connectivity index (χ2v) is 4.74. The Kier molecular flexibility index (Phi) is 3.93. The van der Waals surface area contributed by atoms with E-state index < -0.39 is 0 Å². The lowest BCUT2D eigenvalue weighted by Crippen LogP contribution is -2.29. The van der Waals surface area contributed by atoms with Crippen molar-refractivity contribution in [3.8, 4) is 6.07 Å². The number of rotatable bonds is 3. The Morgan fingerprint density at radius 2 is 2.44 bits per heavy atom. The first-order chi connectivity index (χ1) is 8.74. The molecule has 2 rings (SSSR count). The van der Waals surface area contributed by atoms with E-state index in [-0.39, 0.29) is 5.91 Å². The van der Waals surface area contributed by atoms with Crippen LogP contribution in [0, 0.1) is 17.2 Å². The third-order valence-electron chi connectivity index (χ3n) is 3.38. The summed E-state index contributed by atoms with van der Waals surface area (Å²) in [6.45, 7) is 3.84. The van der Waals surface area contributed by atoms with Crippen molar-refractivity contribution < 1.29 is 4.79 Å². The highest BCUT2D eigenvalue weighted by Gasteiger charge is 2.26. The number of hydrogen-bond donors (Lipinski definition) is 0. The van der Waals surface area contributed by atoms with Crippen LogP contribution in [0.2, 0.25) is 0 Å². The summed E-state index contributed by atoms with van der Waals surface area (Å²) in [6, 6.07) is 5.27. The molecule has 0 radical (unpaired) electrons. The van der Waals surface area contributed by atoms with Crippen molar-refractivity contribution >= 4 is 5.91 Å². The van der Waals surface area contributed by atoms with E-state index in [9.17, 15) is 4.79 Å².